The van der Waals surface area contributed by atoms with Crippen molar-refractivity contribution in [2.24, 2.45) is 4.99 Å². The summed E-state index contributed by atoms with van der Waals surface area (Å²) < 4.78 is 17.7. The maximum atomic E-state index is 11.6. The molecule has 0 bridgehead atoms. The number of hydrogen-bond donors (Lipinski definition) is 0. The van der Waals surface area contributed by atoms with E-state index in [0.29, 0.717) is 18.7 Å². The molecule has 31 heavy (non-hydrogen) atoms. The van der Waals surface area contributed by atoms with Crippen molar-refractivity contribution in [2.45, 2.75) is 50.9 Å². The lowest BCUT2D eigenvalue weighted by molar-refractivity contribution is -0.0548. The number of terminal acetylenes is 1. The maximum Gasteiger partial charge on any atom is 0.509 e. The number of halogens is 1. The molecule has 2 aromatic rings. The third kappa shape index (κ3) is 6.09. The maximum absolute atomic E-state index is 11.6. The predicted molar refractivity (Wildman–Crippen MR) is 119 cm³/mol. The Morgan fingerprint density at radius 2 is 2.29 bits per heavy atom. The van der Waals surface area contributed by atoms with Crippen LogP contribution in [-0.4, -0.2) is 63.9 Å². The Balaban J connectivity index is 0.00000166. The van der Waals surface area contributed by atoms with E-state index in [4.69, 9.17) is 32.2 Å². The fraction of sp³-hybridized carbons (Fsp3) is 0.524. The van der Waals surface area contributed by atoms with E-state index in [-0.39, 0.29) is 12.7 Å². The molecule has 2 aromatic heterocycles. The lowest BCUT2D eigenvalue weighted by atomic mass is 10.0. The monoisotopic (exact) mass is 449 g/mol. The summed E-state index contributed by atoms with van der Waals surface area (Å²) in [6.45, 7) is 5.39. The lowest BCUT2D eigenvalue weighted by Gasteiger charge is -2.23. The number of aromatic nitrogens is 3. The number of hydrogen-bond acceptors (Lipinski definition) is 7. The fourth-order valence-electron chi connectivity index (χ4n) is 3.01. The Bertz CT molecular complexity index is 953. The average molecular weight is 450 g/mol. The van der Waals surface area contributed by atoms with Gasteiger partial charge in [-0.25, -0.2) is 19.3 Å². The van der Waals surface area contributed by atoms with Gasteiger partial charge in [-0.2, -0.15) is 5.10 Å². The van der Waals surface area contributed by atoms with Crippen LogP contribution in [0.1, 0.15) is 45.4 Å². The van der Waals surface area contributed by atoms with E-state index in [2.05, 4.69) is 21.0 Å². The van der Waals surface area contributed by atoms with Crippen molar-refractivity contribution in [3.05, 3.63) is 24.2 Å². The van der Waals surface area contributed by atoms with Crippen LogP contribution in [0.2, 0.25) is 0 Å². The molecule has 0 N–H and O–H groups in total. The van der Waals surface area contributed by atoms with E-state index < -0.39 is 17.3 Å². The van der Waals surface area contributed by atoms with Crippen molar-refractivity contribution in [1.82, 2.24) is 19.5 Å². The summed E-state index contributed by atoms with van der Waals surface area (Å²) in [5, 5.41) is 4.32. The van der Waals surface area contributed by atoms with E-state index in [1.165, 1.54) is 13.3 Å². The second-order valence-electron chi connectivity index (χ2n) is 6.83. The number of aliphatic imine (C=N–C) groups is 1. The molecule has 0 spiro atoms. The summed E-state index contributed by atoms with van der Waals surface area (Å²) in [7, 11) is 3.76. The molecule has 10 heteroatoms. The summed E-state index contributed by atoms with van der Waals surface area (Å²) in [4.78, 5) is 22.0. The van der Waals surface area contributed by atoms with Gasteiger partial charge in [0.05, 0.1) is 12.0 Å². The average Bonchev–Trinajstić information content (AvgIpc) is 3.36. The second-order valence-corrected chi connectivity index (χ2v) is 7.45. The van der Waals surface area contributed by atoms with Crippen LogP contribution in [0.5, 0.6) is 0 Å². The zero-order valence-corrected chi connectivity index (χ0v) is 19.2. The molecular weight excluding hydrogens is 422 g/mol. The normalized spacial score (nSPS) is 21.3. The topological polar surface area (TPSA) is 90.6 Å². The molecule has 0 radical (unpaired) electrons. The SMILES string of the molecule is C#CC1(COC(=O)OC(C)Cl)CCC(c2ccc3c(N=CN(C)C)ncnn23)O1.CC. The van der Waals surface area contributed by atoms with Gasteiger partial charge in [0.1, 0.15) is 24.6 Å². The molecule has 0 saturated carbocycles. The third-order valence-electron chi connectivity index (χ3n) is 4.32. The molecule has 1 aliphatic heterocycles. The zero-order chi connectivity index (χ0) is 23.0. The minimum atomic E-state index is -1.04. The Morgan fingerprint density at radius 1 is 1.55 bits per heavy atom. The van der Waals surface area contributed by atoms with Crippen molar-refractivity contribution in [3.8, 4) is 12.3 Å². The van der Waals surface area contributed by atoms with Crippen LogP contribution >= 0.6 is 11.6 Å². The third-order valence-corrected chi connectivity index (χ3v) is 4.41. The Kier molecular flexibility index (Phi) is 8.65. The van der Waals surface area contributed by atoms with E-state index in [1.807, 2.05) is 45.0 Å². The number of fused-ring (bicyclic) bond motifs is 1. The molecule has 3 heterocycles. The van der Waals surface area contributed by atoms with Crippen molar-refractivity contribution in [1.29, 1.82) is 0 Å². The zero-order valence-electron chi connectivity index (χ0n) is 18.4. The van der Waals surface area contributed by atoms with Crippen LogP contribution in [-0.2, 0) is 14.2 Å². The number of rotatable bonds is 6. The molecule has 9 nitrogen and oxygen atoms in total. The summed E-state index contributed by atoms with van der Waals surface area (Å²) in [6.07, 6.45) is 8.74. The molecule has 1 aliphatic rings. The molecule has 168 valence electrons. The van der Waals surface area contributed by atoms with Gasteiger partial charge in [-0.1, -0.05) is 31.4 Å². The van der Waals surface area contributed by atoms with E-state index >= 15 is 0 Å². The first-order valence-corrected chi connectivity index (χ1v) is 10.4. The Hall–Kier alpha value is -2.83. The van der Waals surface area contributed by atoms with Gasteiger partial charge >= 0.3 is 6.16 Å². The van der Waals surface area contributed by atoms with Crippen LogP contribution in [0.25, 0.3) is 5.52 Å². The Morgan fingerprint density at radius 3 is 2.94 bits per heavy atom. The van der Waals surface area contributed by atoms with Gasteiger partial charge in [0.25, 0.3) is 0 Å². The van der Waals surface area contributed by atoms with Gasteiger partial charge in [0.15, 0.2) is 17.0 Å². The van der Waals surface area contributed by atoms with Gasteiger partial charge in [0, 0.05) is 14.1 Å². The number of nitrogens with zero attached hydrogens (tertiary/aromatic N) is 5. The van der Waals surface area contributed by atoms with E-state index in [9.17, 15) is 4.79 Å². The standard InChI is InChI=1S/C19H22ClN5O4.C2H6/c1-5-19(10-27-18(26)28-13(2)20)9-8-16(29-19)14-6-7-15-17(22-12-24(3)4)21-11-23-25(14)15;1-2/h1,6-7,11-13,16H,8-10H2,2-4H3;1-2H3. The number of ether oxygens (including phenoxy) is 3. The summed E-state index contributed by atoms with van der Waals surface area (Å²) >= 11 is 5.61. The lowest BCUT2D eigenvalue weighted by Crippen LogP contribution is -2.34. The molecule has 1 fully saturated rings. The molecule has 3 atom stereocenters. The number of alkyl halides is 1. The molecule has 0 aliphatic carbocycles. The summed E-state index contributed by atoms with van der Waals surface area (Å²) in [5.41, 5.74) is -0.267. The molecule has 0 aromatic carbocycles. The van der Waals surface area contributed by atoms with Gasteiger partial charge in [0.2, 0.25) is 0 Å². The minimum absolute atomic E-state index is 0.126. The van der Waals surface area contributed by atoms with Crippen LogP contribution < -0.4 is 0 Å². The number of carbonyl (C=O) groups is 1. The Labute approximate surface area is 187 Å². The van der Waals surface area contributed by atoms with Gasteiger partial charge in [-0.05, 0) is 31.9 Å². The van der Waals surface area contributed by atoms with Crippen LogP contribution in [0.15, 0.2) is 23.5 Å². The molecule has 3 unspecified atom stereocenters. The van der Waals surface area contributed by atoms with Gasteiger partial charge in [-0.15, -0.1) is 6.42 Å². The van der Waals surface area contributed by atoms with Crippen molar-refractivity contribution >= 4 is 35.4 Å². The van der Waals surface area contributed by atoms with Crippen LogP contribution in [0, 0.1) is 12.3 Å². The first-order valence-electron chi connectivity index (χ1n) is 10.00. The summed E-state index contributed by atoms with van der Waals surface area (Å²) in [5.74, 6) is 3.16. The van der Waals surface area contributed by atoms with Crippen molar-refractivity contribution in [3.63, 3.8) is 0 Å². The first-order chi connectivity index (χ1) is 14.8. The van der Waals surface area contributed by atoms with Crippen molar-refractivity contribution in [2.75, 3.05) is 20.7 Å². The van der Waals surface area contributed by atoms with Crippen molar-refractivity contribution < 1.29 is 19.0 Å². The number of carbonyl (C=O) groups excluding carboxylic acids is 1. The molecular formula is C21H28ClN5O4. The van der Waals surface area contributed by atoms with Gasteiger partial charge < -0.3 is 19.1 Å². The minimum Gasteiger partial charge on any atom is -0.430 e. The highest BCUT2D eigenvalue weighted by Crippen LogP contribution is 2.40. The fourth-order valence-corrected chi connectivity index (χ4v) is 3.09. The molecule has 0 amide bonds. The highest BCUT2D eigenvalue weighted by atomic mass is 35.5. The summed E-state index contributed by atoms with van der Waals surface area (Å²) in [6, 6.07) is 3.78. The largest absolute Gasteiger partial charge is 0.509 e. The quantitative estimate of drug-likeness (QED) is 0.217. The smallest absolute Gasteiger partial charge is 0.430 e. The van der Waals surface area contributed by atoms with Crippen LogP contribution in [0.3, 0.4) is 0 Å². The van der Waals surface area contributed by atoms with Crippen LogP contribution in [0.4, 0.5) is 10.6 Å². The van der Waals surface area contributed by atoms with E-state index in [0.717, 1.165) is 11.2 Å². The highest BCUT2D eigenvalue weighted by Gasteiger charge is 2.42. The highest BCUT2D eigenvalue weighted by molar-refractivity contribution is 6.19. The molecule has 1 saturated heterocycles. The van der Waals surface area contributed by atoms with Gasteiger partial charge in [-0.3, -0.25) is 0 Å². The molecule has 3 rings (SSSR count). The first kappa shape index (κ1) is 24.4. The predicted octanol–water partition coefficient (Wildman–Crippen LogP) is 3.94. The second kappa shape index (κ2) is 11.0. The van der Waals surface area contributed by atoms with E-state index in [1.54, 1.807) is 10.9 Å².